The average Bonchev–Trinajstić information content (AvgIpc) is 3.75. The minimum atomic E-state index is -0.779. The second kappa shape index (κ2) is 13.8. The van der Waals surface area contributed by atoms with Crippen LogP contribution >= 0.6 is 0 Å². The first-order valence-corrected chi connectivity index (χ1v) is 16.4. The van der Waals surface area contributed by atoms with Crippen molar-refractivity contribution < 1.29 is 23.5 Å². The topological polar surface area (TPSA) is 115 Å². The van der Waals surface area contributed by atoms with Gasteiger partial charge in [0.1, 0.15) is 12.4 Å². The van der Waals surface area contributed by atoms with Gasteiger partial charge in [-0.05, 0) is 95.1 Å². The van der Waals surface area contributed by atoms with Gasteiger partial charge in [0.05, 0.1) is 12.1 Å². The van der Waals surface area contributed by atoms with E-state index in [0.29, 0.717) is 29.8 Å². The summed E-state index contributed by atoms with van der Waals surface area (Å²) in [6.45, 7) is 0.771. The third kappa shape index (κ3) is 6.71. The summed E-state index contributed by atoms with van der Waals surface area (Å²) in [6.07, 6.45) is 4.45. The molecule has 3 N–H and O–H groups in total. The Balaban J connectivity index is 0.942. The van der Waals surface area contributed by atoms with Crippen molar-refractivity contribution in [1.29, 1.82) is 0 Å². The van der Waals surface area contributed by atoms with Crippen LogP contribution in [0.1, 0.15) is 63.0 Å². The Kier molecular flexibility index (Phi) is 9.00. The minimum absolute atomic E-state index is 0.0288. The van der Waals surface area contributed by atoms with E-state index < -0.39 is 18.0 Å². The average molecular weight is 655 g/mol. The number of ether oxygens (including phenoxy) is 1. The lowest BCUT2D eigenvalue weighted by Crippen LogP contribution is -2.44. The predicted octanol–water partition coefficient (Wildman–Crippen LogP) is 7.05. The summed E-state index contributed by atoms with van der Waals surface area (Å²) in [6, 6.07) is 29.7. The lowest BCUT2D eigenvalue weighted by molar-refractivity contribution is -0.133. The lowest BCUT2D eigenvalue weighted by Gasteiger charge is -2.28. The molecule has 246 valence electrons. The molecule has 1 aliphatic carbocycles. The maximum atomic E-state index is 13.6. The third-order valence-corrected chi connectivity index (χ3v) is 9.37. The van der Waals surface area contributed by atoms with Crippen molar-refractivity contribution in [2.75, 3.05) is 18.5 Å². The summed E-state index contributed by atoms with van der Waals surface area (Å²) in [5.74, 6) is -0.892. The van der Waals surface area contributed by atoms with Gasteiger partial charge in [-0.25, -0.2) is 9.18 Å². The van der Waals surface area contributed by atoms with Crippen LogP contribution < -0.4 is 11.1 Å². The van der Waals surface area contributed by atoms with Gasteiger partial charge in [-0.3, -0.25) is 19.9 Å². The van der Waals surface area contributed by atoms with Crippen LogP contribution in [0.25, 0.3) is 11.1 Å². The van der Waals surface area contributed by atoms with Gasteiger partial charge in [0.2, 0.25) is 5.91 Å². The van der Waals surface area contributed by atoms with Gasteiger partial charge in [-0.1, -0.05) is 60.7 Å². The first kappa shape index (κ1) is 31.9. The second-order valence-corrected chi connectivity index (χ2v) is 12.5. The van der Waals surface area contributed by atoms with Crippen molar-refractivity contribution in [1.82, 2.24) is 9.88 Å². The minimum Gasteiger partial charge on any atom is -0.448 e. The Hall–Kier alpha value is -5.67. The van der Waals surface area contributed by atoms with Crippen molar-refractivity contribution >= 4 is 23.5 Å². The number of anilines is 1. The van der Waals surface area contributed by atoms with Crippen LogP contribution in [-0.4, -0.2) is 46.9 Å². The Morgan fingerprint density at radius 1 is 0.878 bits per heavy atom. The molecule has 0 radical (unpaired) electrons. The van der Waals surface area contributed by atoms with Gasteiger partial charge >= 0.3 is 6.09 Å². The number of nitrogens with two attached hydrogens (primary N) is 1. The van der Waals surface area contributed by atoms with E-state index in [1.54, 1.807) is 29.3 Å². The highest BCUT2D eigenvalue weighted by atomic mass is 19.1. The predicted molar refractivity (Wildman–Crippen MR) is 185 cm³/mol. The smallest absolute Gasteiger partial charge is 0.411 e. The number of amides is 2. The largest absolute Gasteiger partial charge is 0.448 e. The highest BCUT2D eigenvalue weighted by Crippen LogP contribution is 2.44. The highest BCUT2D eigenvalue weighted by molar-refractivity contribution is 6.08. The molecule has 2 heterocycles. The van der Waals surface area contributed by atoms with Gasteiger partial charge in [0.15, 0.2) is 5.78 Å². The SMILES string of the molecule is N[C@@H](Cc1ccc(NC(=O)OCC2c3ccccc3-c3ccccc32)cc1)C(=O)N1CCC[C@H]1c1cncc(C(=O)c2ccc(F)cc2)c1. The van der Waals surface area contributed by atoms with Gasteiger partial charge in [-0.15, -0.1) is 0 Å². The number of likely N-dealkylation sites (tertiary alicyclic amines) is 1. The molecule has 1 saturated heterocycles. The van der Waals surface area contributed by atoms with Crippen molar-refractivity contribution in [3.8, 4) is 11.1 Å². The first-order valence-electron chi connectivity index (χ1n) is 16.4. The summed E-state index contributed by atoms with van der Waals surface area (Å²) >= 11 is 0. The number of ketones is 1. The lowest BCUT2D eigenvalue weighted by atomic mass is 9.98. The number of fused-ring (bicyclic) bond motifs is 3. The number of halogens is 1. The molecule has 9 heteroatoms. The number of nitrogens with one attached hydrogen (secondary N) is 1. The van der Waals surface area contributed by atoms with Crippen LogP contribution in [0.5, 0.6) is 0 Å². The van der Waals surface area contributed by atoms with E-state index in [1.165, 1.54) is 41.6 Å². The van der Waals surface area contributed by atoms with Crippen molar-refractivity contribution in [2.24, 2.45) is 5.73 Å². The molecule has 8 nitrogen and oxygen atoms in total. The fraction of sp³-hybridized carbons (Fsp3) is 0.200. The molecule has 2 atom stereocenters. The molecule has 2 aliphatic rings. The van der Waals surface area contributed by atoms with Crippen molar-refractivity contribution in [2.45, 2.75) is 37.3 Å². The van der Waals surface area contributed by atoms with Gasteiger partial charge in [-0.2, -0.15) is 0 Å². The molecule has 2 amide bonds. The summed E-state index contributed by atoms with van der Waals surface area (Å²) in [4.78, 5) is 45.3. The molecule has 0 unspecified atom stereocenters. The number of hydrogen-bond acceptors (Lipinski definition) is 6. The molecule has 4 aromatic carbocycles. The van der Waals surface area contributed by atoms with Gasteiger partial charge in [0.25, 0.3) is 0 Å². The van der Waals surface area contributed by atoms with E-state index >= 15 is 0 Å². The van der Waals surface area contributed by atoms with Crippen LogP contribution in [-0.2, 0) is 16.0 Å². The standard InChI is InChI=1S/C40H35FN4O4/c41-29-15-13-26(14-16-29)38(46)28-21-27(22-43-23-28)37-10-5-19-45(37)39(47)36(42)20-25-11-17-30(18-12-25)44-40(48)49-24-35-33-8-3-1-6-31(33)32-7-2-4-9-34(32)35/h1-4,6-9,11-18,21-23,35-37H,5,10,19-20,24,42H2,(H,44,48)/t36-,37-/m0/s1. The Morgan fingerprint density at radius 3 is 2.24 bits per heavy atom. The number of aromatic nitrogens is 1. The van der Waals surface area contributed by atoms with E-state index in [-0.39, 0.29) is 30.3 Å². The van der Waals surface area contributed by atoms with Crippen LogP contribution in [0.3, 0.4) is 0 Å². The summed E-state index contributed by atoms with van der Waals surface area (Å²) < 4.78 is 19.0. The van der Waals surface area contributed by atoms with Crippen LogP contribution in [0, 0.1) is 5.82 Å². The van der Waals surface area contributed by atoms with E-state index in [1.807, 2.05) is 36.4 Å². The zero-order valence-electron chi connectivity index (χ0n) is 26.7. The van der Waals surface area contributed by atoms with Crippen LogP contribution in [0.15, 0.2) is 116 Å². The molecule has 0 bridgehead atoms. The van der Waals surface area contributed by atoms with Gasteiger partial charge < -0.3 is 15.4 Å². The molecular formula is C40H35FN4O4. The first-order chi connectivity index (χ1) is 23.9. The van der Waals surface area contributed by atoms with E-state index in [9.17, 15) is 18.8 Å². The number of carbonyl (C=O) groups excluding carboxylic acids is 3. The van der Waals surface area contributed by atoms with Gasteiger partial charge in [0, 0.05) is 41.7 Å². The quantitative estimate of drug-likeness (QED) is 0.165. The van der Waals surface area contributed by atoms with Crippen LogP contribution in [0.2, 0.25) is 0 Å². The third-order valence-electron chi connectivity index (χ3n) is 9.37. The van der Waals surface area contributed by atoms with Crippen molar-refractivity contribution in [3.63, 3.8) is 0 Å². The van der Waals surface area contributed by atoms with E-state index in [0.717, 1.165) is 35.1 Å². The summed E-state index contributed by atoms with van der Waals surface area (Å²) in [5.41, 5.74) is 14.0. The molecule has 1 aromatic heterocycles. The number of carbonyl (C=O) groups is 3. The zero-order valence-corrected chi connectivity index (χ0v) is 26.7. The fourth-order valence-corrected chi connectivity index (χ4v) is 6.94. The zero-order chi connectivity index (χ0) is 33.9. The molecule has 1 fully saturated rings. The molecule has 0 spiro atoms. The van der Waals surface area contributed by atoms with Crippen LogP contribution in [0.4, 0.5) is 14.9 Å². The molecule has 7 rings (SSSR count). The Morgan fingerprint density at radius 2 is 1.55 bits per heavy atom. The number of pyridine rings is 1. The van der Waals surface area contributed by atoms with E-state index in [4.69, 9.17) is 10.5 Å². The Bertz CT molecular complexity index is 1970. The van der Waals surface area contributed by atoms with Crippen molar-refractivity contribution in [3.05, 3.63) is 155 Å². The fourth-order valence-electron chi connectivity index (χ4n) is 6.94. The number of rotatable bonds is 9. The summed E-state index contributed by atoms with van der Waals surface area (Å²) in [5, 5.41) is 2.80. The number of hydrogen-bond donors (Lipinski definition) is 2. The molecule has 5 aromatic rings. The molecule has 1 aliphatic heterocycles. The highest BCUT2D eigenvalue weighted by Gasteiger charge is 2.33. The monoisotopic (exact) mass is 654 g/mol. The van der Waals surface area contributed by atoms with E-state index in [2.05, 4.69) is 34.6 Å². The molecule has 49 heavy (non-hydrogen) atoms. The number of nitrogens with zero attached hydrogens (tertiary/aromatic N) is 2. The molecule has 0 saturated carbocycles. The molecular weight excluding hydrogens is 619 g/mol. The Labute approximate surface area is 283 Å². The normalized spacial score (nSPS) is 15.7. The maximum Gasteiger partial charge on any atom is 0.411 e. The summed E-state index contributed by atoms with van der Waals surface area (Å²) in [7, 11) is 0. The second-order valence-electron chi connectivity index (χ2n) is 12.5. The maximum absolute atomic E-state index is 13.6. The number of benzene rings is 4.